The summed E-state index contributed by atoms with van der Waals surface area (Å²) in [5, 5.41) is 18.3. The van der Waals surface area contributed by atoms with E-state index in [0.717, 1.165) is 0 Å². The van der Waals surface area contributed by atoms with Crippen molar-refractivity contribution >= 4 is 11.9 Å². The van der Waals surface area contributed by atoms with Crippen LogP contribution in [0.1, 0.15) is 34.6 Å². The van der Waals surface area contributed by atoms with Gasteiger partial charge in [0.05, 0.1) is 11.8 Å². The van der Waals surface area contributed by atoms with E-state index in [4.69, 9.17) is 10.8 Å². The number of carboxylic acid groups (broad SMARTS) is 2. The van der Waals surface area contributed by atoms with E-state index < -0.39 is 34.7 Å². The van der Waals surface area contributed by atoms with Crippen molar-refractivity contribution in [1.82, 2.24) is 0 Å². The van der Waals surface area contributed by atoms with Crippen molar-refractivity contribution in [2.24, 2.45) is 23.0 Å². The van der Waals surface area contributed by atoms with Crippen molar-refractivity contribution in [2.45, 2.75) is 40.2 Å². The summed E-state index contributed by atoms with van der Waals surface area (Å²) in [4.78, 5) is 22.4. The van der Waals surface area contributed by atoms with Crippen LogP contribution in [0.25, 0.3) is 0 Å². The molecule has 0 heterocycles. The number of nitrogens with two attached hydrogens (primary N) is 1. The van der Waals surface area contributed by atoms with E-state index in [2.05, 4.69) is 0 Å². The lowest BCUT2D eigenvalue weighted by molar-refractivity contribution is -0.161. The highest BCUT2D eigenvalue weighted by Gasteiger charge is 2.47. The van der Waals surface area contributed by atoms with Crippen molar-refractivity contribution in [1.29, 1.82) is 0 Å². The van der Waals surface area contributed by atoms with Crippen LogP contribution in [0.3, 0.4) is 0 Å². The van der Waals surface area contributed by atoms with Crippen molar-refractivity contribution in [3.63, 3.8) is 0 Å². The molecule has 0 saturated carbocycles. The molecule has 0 aliphatic rings. The van der Waals surface area contributed by atoms with Crippen LogP contribution < -0.4 is 5.73 Å². The summed E-state index contributed by atoms with van der Waals surface area (Å²) in [5.74, 6) is -4.44. The molecule has 4 N–H and O–H groups in total. The van der Waals surface area contributed by atoms with Gasteiger partial charge in [-0.15, -0.1) is 0 Å². The Balaban J connectivity index is 5.48. The van der Waals surface area contributed by atoms with Crippen LogP contribution in [-0.2, 0) is 9.59 Å². The van der Waals surface area contributed by atoms with Crippen LogP contribution >= 0.6 is 0 Å². The first-order valence-corrected chi connectivity index (χ1v) is 5.13. The molecule has 2 unspecified atom stereocenters. The van der Waals surface area contributed by atoms with Crippen LogP contribution in [0.5, 0.6) is 0 Å². The predicted molar refractivity (Wildman–Crippen MR) is 60.0 cm³/mol. The lowest BCUT2D eigenvalue weighted by Crippen LogP contribution is -2.53. The molecule has 94 valence electrons. The summed E-state index contributed by atoms with van der Waals surface area (Å²) < 4.78 is 0. The molecular formula is C11H21NO4. The standard InChI is InChI=1S/C11H21NO4/c1-10(2,3)6(8(13)14)7(9(15)16)11(4,5)12/h6-7H,12H2,1-5H3,(H,13,14)(H,15,16). The van der Waals surface area contributed by atoms with E-state index >= 15 is 0 Å². The smallest absolute Gasteiger partial charge is 0.309 e. The summed E-state index contributed by atoms with van der Waals surface area (Å²) in [6, 6.07) is 0. The van der Waals surface area contributed by atoms with Crippen LogP contribution in [0, 0.1) is 17.3 Å². The van der Waals surface area contributed by atoms with Gasteiger partial charge >= 0.3 is 11.9 Å². The molecule has 2 atom stereocenters. The van der Waals surface area contributed by atoms with Gasteiger partial charge in [-0.25, -0.2) is 0 Å². The summed E-state index contributed by atoms with van der Waals surface area (Å²) in [5.41, 5.74) is 4.03. The molecule has 0 aliphatic heterocycles. The second kappa shape index (κ2) is 4.41. The van der Waals surface area contributed by atoms with Gasteiger partial charge in [0.15, 0.2) is 0 Å². The number of hydrogen-bond donors (Lipinski definition) is 3. The fraction of sp³-hybridized carbons (Fsp3) is 0.818. The van der Waals surface area contributed by atoms with Gasteiger partial charge in [-0.2, -0.15) is 0 Å². The third-order valence-corrected chi connectivity index (χ3v) is 2.60. The number of aliphatic carboxylic acids is 2. The topological polar surface area (TPSA) is 101 Å². The molecule has 0 rings (SSSR count). The maximum absolute atomic E-state index is 11.2. The number of rotatable bonds is 4. The monoisotopic (exact) mass is 231 g/mol. The van der Waals surface area contributed by atoms with Crippen LogP contribution in [0.2, 0.25) is 0 Å². The van der Waals surface area contributed by atoms with Crippen molar-refractivity contribution < 1.29 is 19.8 Å². The Labute approximate surface area is 95.6 Å². The summed E-state index contributed by atoms with van der Waals surface area (Å²) in [6.07, 6.45) is 0. The average Bonchev–Trinajstić information content (AvgIpc) is 1.92. The fourth-order valence-electron chi connectivity index (χ4n) is 1.90. The minimum absolute atomic E-state index is 0.661. The molecule has 0 saturated heterocycles. The largest absolute Gasteiger partial charge is 0.481 e. The predicted octanol–water partition coefficient (Wildman–Crippen LogP) is 1.17. The lowest BCUT2D eigenvalue weighted by Gasteiger charge is -2.38. The number of carbonyl (C=O) groups is 2. The van der Waals surface area contributed by atoms with Crippen molar-refractivity contribution in [2.75, 3.05) is 0 Å². The summed E-state index contributed by atoms with van der Waals surface area (Å²) in [7, 11) is 0. The Morgan fingerprint density at radius 3 is 1.31 bits per heavy atom. The van der Waals surface area contributed by atoms with E-state index in [1.807, 2.05) is 0 Å². The van der Waals surface area contributed by atoms with Crippen molar-refractivity contribution in [3.05, 3.63) is 0 Å². The first-order valence-electron chi connectivity index (χ1n) is 5.13. The highest BCUT2D eigenvalue weighted by molar-refractivity contribution is 5.81. The molecule has 0 aromatic carbocycles. The minimum atomic E-state index is -1.17. The van der Waals surface area contributed by atoms with Gasteiger partial charge in [-0.1, -0.05) is 20.8 Å². The van der Waals surface area contributed by atoms with Gasteiger partial charge in [-0.05, 0) is 19.3 Å². The van der Waals surface area contributed by atoms with Gasteiger partial charge in [0.2, 0.25) is 0 Å². The fourth-order valence-corrected chi connectivity index (χ4v) is 1.90. The van der Waals surface area contributed by atoms with Gasteiger partial charge in [0.1, 0.15) is 0 Å². The quantitative estimate of drug-likeness (QED) is 0.674. The lowest BCUT2D eigenvalue weighted by atomic mass is 9.67. The van der Waals surface area contributed by atoms with Crippen LogP contribution in [-0.4, -0.2) is 27.7 Å². The molecule has 0 amide bonds. The first kappa shape index (κ1) is 14.9. The molecule has 0 radical (unpaired) electrons. The molecule has 0 spiro atoms. The van der Waals surface area contributed by atoms with E-state index in [0.29, 0.717) is 0 Å². The van der Waals surface area contributed by atoms with Gasteiger partial charge < -0.3 is 15.9 Å². The van der Waals surface area contributed by atoms with Gasteiger partial charge in [0, 0.05) is 5.54 Å². The zero-order chi connectivity index (χ0) is 13.3. The highest BCUT2D eigenvalue weighted by atomic mass is 16.4. The first-order chi connectivity index (χ1) is 6.89. The molecular weight excluding hydrogens is 210 g/mol. The Kier molecular flexibility index (Phi) is 4.11. The van der Waals surface area contributed by atoms with E-state index in [-0.39, 0.29) is 0 Å². The average molecular weight is 231 g/mol. The van der Waals surface area contributed by atoms with Gasteiger partial charge in [-0.3, -0.25) is 9.59 Å². The van der Waals surface area contributed by atoms with E-state index in [9.17, 15) is 14.7 Å². The van der Waals surface area contributed by atoms with Crippen LogP contribution in [0.4, 0.5) is 0 Å². The Hall–Kier alpha value is -1.10. The Morgan fingerprint density at radius 2 is 1.25 bits per heavy atom. The van der Waals surface area contributed by atoms with Gasteiger partial charge in [0.25, 0.3) is 0 Å². The molecule has 5 nitrogen and oxygen atoms in total. The number of carboxylic acids is 2. The molecule has 16 heavy (non-hydrogen) atoms. The van der Waals surface area contributed by atoms with E-state index in [1.165, 1.54) is 13.8 Å². The van der Waals surface area contributed by atoms with E-state index in [1.54, 1.807) is 20.8 Å². The van der Waals surface area contributed by atoms with Crippen LogP contribution in [0.15, 0.2) is 0 Å². The summed E-state index contributed by atoms with van der Waals surface area (Å²) >= 11 is 0. The zero-order valence-electron chi connectivity index (χ0n) is 10.4. The summed E-state index contributed by atoms with van der Waals surface area (Å²) in [6.45, 7) is 8.18. The maximum Gasteiger partial charge on any atom is 0.309 e. The molecule has 0 aromatic heterocycles. The SMILES string of the molecule is CC(C)(C)C(C(=O)O)C(C(=O)O)C(C)(C)N. The molecule has 5 heteroatoms. The Morgan fingerprint density at radius 1 is 0.938 bits per heavy atom. The second-order valence-electron chi connectivity index (χ2n) is 5.82. The molecule has 0 aliphatic carbocycles. The maximum atomic E-state index is 11.2. The zero-order valence-corrected chi connectivity index (χ0v) is 10.4. The normalized spacial score (nSPS) is 16.6. The molecule has 0 bridgehead atoms. The molecule has 0 aromatic rings. The second-order valence-corrected chi connectivity index (χ2v) is 5.82. The minimum Gasteiger partial charge on any atom is -0.481 e. The van der Waals surface area contributed by atoms with Crippen molar-refractivity contribution in [3.8, 4) is 0 Å². The third-order valence-electron chi connectivity index (χ3n) is 2.60. The molecule has 0 fully saturated rings. The Bertz CT molecular complexity index is 255. The third kappa shape index (κ3) is 3.48. The number of hydrogen-bond acceptors (Lipinski definition) is 3. The highest BCUT2D eigenvalue weighted by Crippen LogP contribution is 2.37.